The molecule has 0 aromatic carbocycles. The van der Waals surface area contributed by atoms with Crippen molar-refractivity contribution in [2.24, 2.45) is 5.41 Å². The Morgan fingerprint density at radius 3 is 2.44 bits per heavy atom. The van der Waals surface area contributed by atoms with Gasteiger partial charge in [-0.25, -0.2) is 0 Å². The molecule has 2 heteroatoms. The van der Waals surface area contributed by atoms with Crippen LogP contribution >= 0.6 is 0 Å². The van der Waals surface area contributed by atoms with E-state index in [0.29, 0.717) is 13.2 Å². The Kier molecular flexibility index (Phi) is 1.88. The number of ether oxygens (including phenoxy) is 1. The zero-order valence-corrected chi connectivity index (χ0v) is 5.47. The lowest BCUT2D eigenvalue weighted by Gasteiger charge is -2.39. The number of rotatable bonds is 3. The van der Waals surface area contributed by atoms with E-state index in [1.54, 1.807) is 0 Å². The van der Waals surface area contributed by atoms with E-state index in [1.165, 1.54) is 0 Å². The second-order valence-corrected chi connectivity index (χ2v) is 2.64. The van der Waals surface area contributed by atoms with Gasteiger partial charge in [-0.3, -0.25) is 0 Å². The van der Waals surface area contributed by atoms with Crippen molar-refractivity contribution in [1.29, 1.82) is 0 Å². The molecule has 0 bridgehead atoms. The molecule has 0 unspecified atom stereocenters. The number of aliphatic hydroxyl groups is 1. The van der Waals surface area contributed by atoms with Crippen LogP contribution in [0.2, 0.25) is 0 Å². The topological polar surface area (TPSA) is 29.5 Å². The molecule has 2 nitrogen and oxygen atoms in total. The second-order valence-electron chi connectivity index (χ2n) is 2.64. The number of aliphatic hydroxyl groups excluding tert-OH is 1. The molecule has 1 heterocycles. The van der Waals surface area contributed by atoms with Crippen molar-refractivity contribution in [3.05, 3.63) is 12.7 Å². The zero-order valence-electron chi connectivity index (χ0n) is 5.47. The van der Waals surface area contributed by atoms with E-state index in [9.17, 15) is 0 Å². The monoisotopic (exact) mass is 128 g/mol. The third-order valence-corrected chi connectivity index (χ3v) is 1.73. The molecular formula is C7H12O2. The van der Waals surface area contributed by atoms with Gasteiger partial charge in [0.2, 0.25) is 0 Å². The van der Waals surface area contributed by atoms with Crippen LogP contribution < -0.4 is 0 Å². The Hall–Kier alpha value is -0.340. The standard InChI is InChI=1S/C7H12O2/c1-2-3-7(4-8)5-9-6-7/h2,8H,1,3-6H2. The van der Waals surface area contributed by atoms with Crippen LogP contribution in [0.1, 0.15) is 6.42 Å². The van der Waals surface area contributed by atoms with Crippen molar-refractivity contribution in [2.45, 2.75) is 6.42 Å². The van der Waals surface area contributed by atoms with Gasteiger partial charge in [0.05, 0.1) is 19.8 Å². The summed E-state index contributed by atoms with van der Waals surface area (Å²) in [5, 5.41) is 8.84. The average Bonchev–Trinajstić information content (AvgIpc) is 1.79. The SMILES string of the molecule is C=CCC1(CO)COC1. The van der Waals surface area contributed by atoms with Crippen molar-refractivity contribution < 1.29 is 9.84 Å². The summed E-state index contributed by atoms with van der Waals surface area (Å²) in [6, 6.07) is 0. The van der Waals surface area contributed by atoms with Crippen molar-refractivity contribution in [3.63, 3.8) is 0 Å². The molecule has 0 amide bonds. The molecule has 1 saturated heterocycles. The van der Waals surface area contributed by atoms with Crippen LogP contribution in [0.25, 0.3) is 0 Å². The molecule has 1 rings (SSSR count). The third kappa shape index (κ3) is 1.14. The maximum atomic E-state index is 8.84. The number of allylic oxidation sites excluding steroid dienone is 1. The molecule has 52 valence electrons. The summed E-state index contributed by atoms with van der Waals surface area (Å²) in [7, 11) is 0. The van der Waals surface area contributed by atoms with Gasteiger partial charge in [0.1, 0.15) is 0 Å². The first kappa shape index (κ1) is 6.78. The van der Waals surface area contributed by atoms with Crippen LogP contribution in [-0.2, 0) is 4.74 Å². The molecule has 1 N–H and O–H groups in total. The summed E-state index contributed by atoms with van der Waals surface area (Å²) in [4.78, 5) is 0. The normalized spacial score (nSPS) is 22.8. The van der Waals surface area contributed by atoms with Gasteiger partial charge in [0, 0.05) is 5.41 Å². The highest BCUT2D eigenvalue weighted by atomic mass is 16.5. The fraction of sp³-hybridized carbons (Fsp3) is 0.714. The van der Waals surface area contributed by atoms with Gasteiger partial charge in [0.15, 0.2) is 0 Å². The summed E-state index contributed by atoms with van der Waals surface area (Å²) in [6.07, 6.45) is 2.70. The molecule has 0 radical (unpaired) electrons. The van der Waals surface area contributed by atoms with Crippen LogP contribution in [0.4, 0.5) is 0 Å². The van der Waals surface area contributed by atoms with Gasteiger partial charge in [-0.1, -0.05) is 6.08 Å². The predicted molar refractivity (Wildman–Crippen MR) is 35.2 cm³/mol. The Bertz CT molecular complexity index is 100.0. The van der Waals surface area contributed by atoms with Crippen LogP contribution in [0.3, 0.4) is 0 Å². The van der Waals surface area contributed by atoms with E-state index in [2.05, 4.69) is 6.58 Å². The van der Waals surface area contributed by atoms with Crippen LogP contribution in [0, 0.1) is 5.41 Å². The lowest BCUT2D eigenvalue weighted by Crippen LogP contribution is -2.45. The first-order valence-electron chi connectivity index (χ1n) is 3.12. The van der Waals surface area contributed by atoms with Crippen LogP contribution in [0.5, 0.6) is 0 Å². The van der Waals surface area contributed by atoms with Crippen molar-refractivity contribution >= 4 is 0 Å². The highest BCUT2D eigenvalue weighted by Gasteiger charge is 2.36. The van der Waals surface area contributed by atoms with Crippen LogP contribution in [0.15, 0.2) is 12.7 Å². The van der Waals surface area contributed by atoms with Crippen molar-refractivity contribution in [2.75, 3.05) is 19.8 Å². The van der Waals surface area contributed by atoms with Crippen molar-refractivity contribution in [1.82, 2.24) is 0 Å². The zero-order chi connectivity index (χ0) is 6.74. The average molecular weight is 128 g/mol. The highest BCUT2D eigenvalue weighted by molar-refractivity contribution is 4.90. The third-order valence-electron chi connectivity index (χ3n) is 1.73. The van der Waals surface area contributed by atoms with E-state index >= 15 is 0 Å². The Labute approximate surface area is 55.1 Å². The van der Waals surface area contributed by atoms with Crippen molar-refractivity contribution in [3.8, 4) is 0 Å². The fourth-order valence-electron chi connectivity index (χ4n) is 0.971. The predicted octanol–water partition coefficient (Wildman–Crippen LogP) is 0.571. The molecule has 0 aromatic heterocycles. The fourth-order valence-corrected chi connectivity index (χ4v) is 0.971. The molecule has 0 saturated carbocycles. The Morgan fingerprint density at radius 2 is 2.33 bits per heavy atom. The summed E-state index contributed by atoms with van der Waals surface area (Å²) in [5.41, 5.74) is 0.0295. The van der Waals surface area contributed by atoms with E-state index in [0.717, 1.165) is 6.42 Å². The molecule has 0 atom stereocenters. The maximum absolute atomic E-state index is 8.84. The minimum absolute atomic E-state index is 0.0295. The summed E-state index contributed by atoms with van der Waals surface area (Å²) in [6.45, 7) is 5.21. The quantitative estimate of drug-likeness (QED) is 0.563. The minimum Gasteiger partial charge on any atom is -0.396 e. The number of hydrogen-bond acceptors (Lipinski definition) is 2. The molecule has 9 heavy (non-hydrogen) atoms. The van der Waals surface area contributed by atoms with Gasteiger partial charge < -0.3 is 9.84 Å². The van der Waals surface area contributed by atoms with E-state index < -0.39 is 0 Å². The molecular weight excluding hydrogens is 116 g/mol. The molecule has 1 aliphatic rings. The largest absolute Gasteiger partial charge is 0.396 e. The Morgan fingerprint density at radius 1 is 1.67 bits per heavy atom. The molecule has 1 aliphatic heterocycles. The second kappa shape index (κ2) is 2.50. The van der Waals surface area contributed by atoms with E-state index in [1.807, 2.05) is 6.08 Å². The lowest BCUT2D eigenvalue weighted by molar-refractivity contribution is -0.134. The van der Waals surface area contributed by atoms with Crippen LogP contribution in [-0.4, -0.2) is 24.9 Å². The first-order chi connectivity index (χ1) is 4.33. The Balaban J connectivity index is 2.36. The van der Waals surface area contributed by atoms with E-state index in [-0.39, 0.29) is 12.0 Å². The smallest absolute Gasteiger partial charge is 0.0569 e. The molecule has 0 aromatic rings. The molecule has 1 fully saturated rings. The minimum atomic E-state index is 0.0295. The maximum Gasteiger partial charge on any atom is 0.0569 e. The molecule has 0 aliphatic carbocycles. The van der Waals surface area contributed by atoms with Gasteiger partial charge in [-0.15, -0.1) is 6.58 Å². The summed E-state index contributed by atoms with van der Waals surface area (Å²) in [5.74, 6) is 0. The van der Waals surface area contributed by atoms with Gasteiger partial charge >= 0.3 is 0 Å². The number of hydrogen-bond donors (Lipinski definition) is 1. The molecule has 0 spiro atoms. The summed E-state index contributed by atoms with van der Waals surface area (Å²) >= 11 is 0. The van der Waals surface area contributed by atoms with Gasteiger partial charge in [-0.2, -0.15) is 0 Å². The first-order valence-corrected chi connectivity index (χ1v) is 3.12. The van der Waals surface area contributed by atoms with Gasteiger partial charge in [0.25, 0.3) is 0 Å². The highest BCUT2D eigenvalue weighted by Crippen LogP contribution is 2.30. The van der Waals surface area contributed by atoms with E-state index in [4.69, 9.17) is 9.84 Å². The summed E-state index contributed by atoms with van der Waals surface area (Å²) < 4.78 is 4.97. The lowest BCUT2D eigenvalue weighted by atomic mass is 9.84. The van der Waals surface area contributed by atoms with Gasteiger partial charge in [-0.05, 0) is 6.42 Å².